The van der Waals surface area contributed by atoms with Crippen molar-refractivity contribution in [2.75, 3.05) is 21.2 Å². The lowest BCUT2D eigenvalue weighted by molar-refractivity contribution is -0.137. The maximum Gasteiger partial charge on any atom is 0.417 e. The molecule has 0 aliphatic rings. The Balaban J connectivity index is 3.52. The molecule has 0 aromatic heterocycles. The topological polar surface area (TPSA) is 48.6 Å². The van der Waals surface area contributed by atoms with Gasteiger partial charge in [-0.1, -0.05) is 0 Å². The molecule has 19 heavy (non-hydrogen) atoms. The summed E-state index contributed by atoms with van der Waals surface area (Å²) < 4.78 is 43.3. The Hall–Kier alpha value is -2.23. The second-order valence-electron chi connectivity index (χ2n) is 3.86. The minimum Gasteiger partial charge on any atom is -0.494 e. The van der Waals surface area contributed by atoms with Crippen molar-refractivity contribution in [2.24, 2.45) is 4.99 Å². The summed E-state index contributed by atoms with van der Waals surface area (Å²) in [6.07, 6.45) is -3.31. The summed E-state index contributed by atoms with van der Waals surface area (Å²) in [4.78, 5) is 5.42. The number of aliphatic imine (C=N–C) groups is 1. The summed E-state index contributed by atoms with van der Waals surface area (Å²) in [6, 6.07) is 3.49. The molecule has 0 N–H and O–H groups in total. The average molecular weight is 271 g/mol. The van der Waals surface area contributed by atoms with Crippen molar-refractivity contribution in [3.8, 4) is 11.8 Å². The molecule has 0 saturated carbocycles. The Labute approximate surface area is 108 Å². The lowest BCUT2D eigenvalue weighted by Gasteiger charge is -2.13. The van der Waals surface area contributed by atoms with Crippen LogP contribution < -0.4 is 4.74 Å². The molecule has 0 aliphatic heterocycles. The van der Waals surface area contributed by atoms with Crippen LogP contribution in [0.25, 0.3) is 0 Å². The van der Waals surface area contributed by atoms with Gasteiger partial charge in [0.25, 0.3) is 0 Å². The molecule has 0 heterocycles. The predicted octanol–water partition coefficient (Wildman–Crippen LogP) is 2.81. The average Bonchev–Trinajstić information content (AvgIpc) is 2.33. The minimum absolute atomic E-state index is 0.114. The van der Waals surface area contributed by atoms with E-state index in [1.807, 2.05) is 0 Å². The molecule has 0 atom stereocenters. The van der Waals surface area contributed by atoms with Gasteiger partial charge in [-0.05, 0) is 12.1 Å². The third kappa shape index (κ3) is 3.37. The molecule has 1 aromatic carbocycles. The quantitative estimate of drug-likeness (QED) is 0.627. The van der Waals surface area contributed by atoms with Crippen LogP contribution in [0.5, 0.6) is 5.75 Å². The van der Waals surface area contributed by atoms with Crippen LogP contribution in [0, 0.1) is 11.3 Å². The van der Waals surface area contributed by atoms with Crippen LogP contribution in [0.15, 0.2) is 17.1 Å². The van der Waals surface area contributed by atoms with Gasteiger partial charge in [-0.2, -0.15) is 18.4 Å². The first-order valence-electron chi connectivity index (χ1n) is 5.20. The van der Waals surface area contributed by atoms with Crippen molar-refractivity contribution < 1.29 is 17.9 Å². The molecule has 0 fully saturated rings. The molecule has 1 rings (SSSR count). The van der Waals surface area contributed by atoms with Crippen LogP contribution in [0.4, 0.5) is 18.9 Å². The minimum atomic E-state index is -4.61. The lowest BCUT2D eigenvalue weighted by Crippen LogP contribution is -2.10. The van der Waals surface area contributed by atoms with Crippen LogP contribution in [0.2, 0.25) is 0 Å². The molecule has 0 amide bonds. The highest BCUT2D eigenvalue weighted by Crippen LogP contribution is 2.40. The summed E-state index contributed by atoms with van der Waals surface area (Å²) in [7, 11) is 4.63. The molecular weight excluding hydrogens is 259 g/mol. The molecule has 1 aromatic rings. The van der Waals surface area contributed by atoms with E-state index in [2.05, 4.69) is 4.99 Å². The number of hydrogen-bond acceptors (Lipinski definition) is 3. The van der Waals surface area contributed by atoms with Crippen LogP contribution in [0.3, 0.4) is 0 Å². The third-order valence-electron chi connectivity index (χ3n) is 2.20. The standard InChI is InChI=1S/C12H12F3N3O/c1-18(2)7-17-11-8(6-16)9(12(13,14)15)4-5-10(11)19-3/h4-5,7H,1-3H3/b17-7+. The van der Waals surface area contributed by atoms with Crippen molar-refractivity contribution in [3.63, 3.8) is 0 Å². The number of nitrogens with zero attached hydrogens (tertiary/aromatic N) is 3. The normalized spacial score (nSPS) is 11.4. The number of halogens is 3. The monoisotopic (exact) mass is 271 g/mol. The van der Waals surface area contributed by atoms with Gasteiger partial charge in [-0.15, -0.1) is 0 Å². The van der Waals surface area contributed by atoms with Gasteiger partial charge in [0.2, 0.25) is 0 Å². The summed E-state index contributed by atoms with van der Waals surface area (Å²) in [5.74, 6) is 0.114. The zero-order valence-electron chi connectivity index (χ0n) is 10.6. The van der Waals surface area contributed by atoms with E-state index < -0.39 is 17.3 Å². The number of ether oxygens (including phenoxy) is 1. The fourth-order valence-corrected chi connectivity index (χ4v) is 1.39. The molecule has 0 radical (unpaired) electrons. The second-order valence-corrected chi connectivity index (χ2v) is 3.86. The molecule has 0 bridgehead atoms. The highest BCUT2D eigenvalue weighted by Gasteiger charge is 2.35. The van der Waals surface area contributed by atoms with Crippen LogP contribution in [0.1, 0.15) is 11.1 Å². The zero-order chi connectivity index (χ0) is 14.6. The van der Waals surface area contributed by atoms with Gasteiger partial charge < -0.3 is 9.64 Å². The molecule has 0 unspecified atom stereocenters. The lowest BCUT2D eigenvalue weighted by atomic mass is 10.1. The number of benzene rings is 1. The Kier molecular flexibility index (Phi) is 4.38. The van der Waals surface area contributed by atoms with Crippen molar-refractivity contribution >= 4 is 12.0 Å². The van der Waals surface area contributed by atoms with Gasteiger partial charge in [0.15, 0.2) is 0 Å². The first-order chi connectivity index (χ1) is 8.81. The smallest absolute Gasteiger partial charge is 0.417 e. The number of methoxy groups -OCH3 is 1. The highest BCUT2D eigenvalue weighted by atomic mass is 19.4. The highest BCUT2D eigenvalue weighted by molar-refractivity contribution is 5.72. The Morgan fingerprint density at radius 3 is 2.42 bits per heavy atom. The SMILES string of the molecule is COc1ccc(C(F)(F)F)c(C#N)c1/N=C/N(C)C. The summed E-state index contributed by atoms with van der Waals surface area (Å²) in [5.41, 5.74) is -1.71. The van der Waals surface area contributed by atoms with Crippen molar-refractivity contribution in [2.45, 2.75) is 6.18 Å². The van der Waals surface area contributed by atoms with E-state index >= 15 is 0 Å². The summed E-state index contributed by atoms with van der Waals surface area (Å²) in [5, 5.41) is 8.95. The summed E-state index contributed by atoms with van der Waals surface area (Å²) in [6.45, 7) is 0. The van der Waals surface area contributed by atoms with Gasteiger partial charge in [0.05, 0.1) is 24.6 Å². The third-order valence-corrected chi connectivity index (χ3v) is 2.20. The van der Waals surface area contributed by atoms with Crippen LogP contribution in [-0.2, 0) is 6.18 Å². The molecule has 4 nitrogen and oxygen atoms in total. The fraction of sp³-hybridized carbons (Fsp3) is 0.333. The van der Waals surface area contributed by atoms with Gasteiger partial charge in [0.1, 0.15) is 17.5 Å². The molecule has 0 saturated heterocycles. The zero-order valence-corrected chi connectivity index (χ0v) is 10.6. The van der Waals surface area contributed by atoms with Crippen molar-refractivity contribution in [1.82, 2.24) is 4.90 Å². The number of alkyl halides is 3. The molecule has 102 valence electrons. The first kappa shape index (κ1) is 14.8. The van der Waals surface area contributed by atoms with E-state index in [1.54, 1.807) is 19.0 Å². The Bertz CT molecular complexity index is 530. The Morgan fingerprint density at radius 2 is 2.00 bits per heavy atom. The fourth-order valence-electron chi connectivity index (χ4n) is 1.39. The van der Waals surface area contributed by atoms with Gasteiger partial charge in [0, 0.05) is 14.1 Å². The first-order valence-corrected chi connectivity index (χ1v) is 5.20. The van der Waals surface area contributed by atoms with E-state index in [9.17, 15) is 13.2 Å². The molecule has 0 spiro atoms. The molecule has 7 heteroatoms. The predicted molar refractivity (Wildman–Crippen MR) is 64.6 cm³/mol. The number of hydrogen-bond donors (Lipinski definition) is 0. The van der Waals surface area contributed by atoms with E-state index in [-0.39, 0.29) is 11.4 Å². The number of rotatable bonds is 3. The van der Waals surface area contributed by atoms with E-state index in [0.717, 1.165) is 12.1 Å². The maximum absolute atomic E-state index is 12.8. The van der Waals surface area contributed by atoms with E-state index in [0.29, 0.717) is 0 Å². The maximum atomic E-state index is 12.8. The second kappa shape index (κ2) is 5.61. The van der Waals surface area contributed by atoms with Crippen LogP contribution in [-0.4, -0.2) is 32.4 Å². The van der Waals surface area contributed by atoms with Crippen molar-refractivity contribution in [1.29, 1.82) is 5.26 Å². The van der Waals surface area contributed by atoms with Gasteiger partial charge in [-0.3, -0.25) is 0 Å². The molecule has 0 aliphatic carbocycles. The van der Waals surface area contributed by atoms with Crippen molar-refractivity contribution in [3.05, 3.63) is 23.3 Å². The molecular formula is C12H12F3N3O. The van der Waals surface area contributed by atoms with Gasteiger partial charge in [-0.25, -0.2) is 4.99 Å². The largest absolute Gasteiger partial charge is 0.494 e. The van der Waals surface area contributed by atoms with Crippen LogP contribution >= 0.6 is 0 Å². The number of nitriles is 1. The van der Waals surface area contributed by atoms with Gasteiger partial charge >= 0.3 is 6.18 Å². The Morgan fingerprint density at radius 1 is 1.37 bits per heavy atom. The van der Waals surface area contributed by atoms with E-state index in [1.165, 1.54) is 19.5 Å². The summed E-state index contributed by atoms with van der Waals surface area (Å²) >= 11 is 0. The van der Waals surface area contributed by atoms with E-state index in [4.69, 9.17) is 10.00 Å².